The molecule has 0 spiro atoms. The molecule has 1 saturated heterocycles. The van der Waals surface area contributed by atoms with E-state index >= 15 is 0 Å². The van der Waals surface area contributed by atoms with Gasteiger partial charge < -0.3 is 10.2 Å². The molecular formula is C26H33ClFN5. The quantitative estimate of drug-likeness (QED) is 0.493. The van der Waals surface area contributed by atoms with E-state index in [0.29, 0.717) is 5.69 Å². The Morgan fingerprint density at radius 3 is 2.36 bits per heavy atom. The van der Waals surface area contributed by atoms with Crippen LogP contribution in [0.1, 0.15) is 26.5 Å². The van der Waals surface area contributed by atoms with E-state index < -0.39 is 0 Å². The largest absolute Gasteiger partial charge is 0.367 e. The maximum absolute atomic E-state index is 14.0. The predicted octanol–water partition coefficient (Wildman–Crippen LogP) is 5.01. The highest BCUT2D eigenvalue weighted by Gasteiger charge is 2.21. The van der Waals surface area contributed by atoms with Crippen LogP contribution in [0.4, 0.5) is 10.1 Å². The van der Waals surface area contributed by atoms with Crippen molar-refractivity contribution in [2.24, 2.45) is 0 Å². The number of hydrogen-bond acceptors (Lipinski definition) is 4. The number of para-hydroxylation sites is 1. The minimum atomic E-state index is -0.139. The molecule has 0 atom stereocenters. The van der Waals surface area contributed by atoms with Crippen molar-refractivity contribution in [3.8, 4) is 11.3 Å². The summed E-state index contributed by atoms with van der Waals surface area (Å²) in [5.74, 6) is -0.139. The summed E-state index contributed by atoms with van der Waals surface area (Å²) in [6.07, 6.45) is 0. The van der Waals surface area contributed by atoms with Gasteiger partial charge in [0.2, 0.25) is 0 Å². The molecule has 1 aromatic heterocycles. The van der Waals surface area contributed by atoms with Crippen LogP contribution in [0, 0.1) is 5.82 Å². The van der Waals surface area contributed by atoms with Gasteiger partial charge in [-0.05, 0) is 56.7 Å². The Hall–Kier alpha value is -2.41. The number of benzene rings is 2. The van der Waals surface area contributed by atoms with Crippen LogP contribution in [-0.2, 0) is 12.1 Å². The first-order chi connectivity index (χ1) is 15.8. The first-order valence-corrected chi connectivity index (χ1v) is 12.0. The van der Waals surface area contributed by atoms with Crippen LogP contribution in [0.2, 0.25) is 5.02 Å². The van der Waals surface area contributed by atoms with Crippen LogP contribution < -0.4 is 10.2 Å². The lowest BCUT2D eigenvalue weighted by molar-refractivity contribution is 0.256. The smallest absolute Gasteiger partial charge is 0.146 e. The average Bonchev–Trinajstić information content (AvgIpc) is 3.23. The Kier molecular flexibility index (Phi) is 7.37. The summed E-state index contributed by atoms with van der Waals surface area (Å²) in [7, 11) is 0. The van der Waals surface area contributed by atoms with Gasteiger partial charge in [0.15, 0.2) is 0 Å². The second-order valence-corrected chi connectivity index (χ2v) is 10.0. The summed E-state index contributed by atoms with van der Waals surface area (Å²) >= 11 is 6.07. The average molecular weight is 470 g/mol. The zero-order valence-corrected chi connectivity index (χ0v) is 20.4. The van der Waals surface area contributed by atoms with Gasteiger partial charge in [0, 0.05) is 50.8 Å². The van der Waals surface area contributed by atoms with E-state index in [4.69, 9.17) is 16.7 Å². The summed E-state index contributed by atoms with van der Waals surface area (Å²) in [6.45, 7) is 12.6. The van der Waals surface area contributed by atoms with Gasteiger partial charge >= 0.3 is 0 Å². The Labute approximate surface area is 201 Å². The Morgan fingerprint density at radius 1 is 1.00 bits per heavy atom. The molecule has 3 aromatic rings. The molecule has 0 bridgehead atoms. The molecule has 1 N–H and O–H groups in total. The van der Waals surface area contributed by atoms with E-state index in [1.54, 1.807) is 6.07 Å². The van der Waals surface area contributed by atoms with Crippen LogP contribution in [0.15, 0.2) is 54.6 Å². The first kappa shape index (κ1) is 23.7. The maximum atomic E-state index is 14.0. The lowest BCUT2D eigenvalue weighted by Crippen LogP contribution is -2.48. The second kappa shape index (κ2) is 10.2. The van der Waals surface area contributed by atoms with E-state index in [0.717, 1.165) is 67.8 Å². The molecule has 7 heteroatoms. The fourth-order valence-corrected chi connectivity index (χ4v) is 4.35. The van der Waals surface area contributed by atoms with Gasteiger partial charge in [-0.1, -0.05) is 35.9 Å². The lowest BCUT2D eigenvalue weighted by Gasteiger charge is -2.36. The van der Waals surface area contributed by atoms with Gasteiger partial charge in [-0.25, -0.2) is 4.39 Å². The van der Waals surface area contributed by atoms with Crippen LogP contribution in [0.3, 0.4) is 0 Å². The molecule has 1 fully saturated rings. The highest BCUT2D eigenvalue weighted by atomic mass is 35.5. The normalized spacial score (nSPS) is 15.2. The first-order valence-electron chi connectivity index (χ1n) is 11.6. The van der Waals surface area contributed by atoms with Crippen molar-refractivity contribution in [3.63, 3.8) is 0 Å². The third-order valence-corrected chi connectivity index (χ3v) is 6.26. The molecule has 4 rings (SSSR count). The van der Waals surface area contributed by atoms with Crippen molar-refractivity contribution in [2.75, 3.05) is 44.2 Å². The zero-order valence-electron chi connectivity index (χ0n) is 19.7. The standard InChI is InChI=1S/C26H33ClFN5/c1-26(2,3)33-25(20-8-10-21(27)11-9-20)18-22(30-33)19-29-12-13-31-14-16-32(17-15-31)24-7-5-4-6-23(24)28/h4-11,18,29H,12-17,19H2,1-3H3. The highest BCUT2D eigenvalue weighted by Crippen LogP contribution is 2.27. The van der Waals surface area contributed by atoms with E-state index in [1.165, 1.54) is 6.07 Å². The van der Waals surface area contributed by atoms with Crippen molar-refractivity contribution in [3.05, 3.63) is 71.1 Å². The number of aromatic nitrogens is 2. The molecule has 5 nitrogen and oxygen atoms in total. The van der Waals surface area contributed by atoms with Gasteiger partial charge in [-0.15, -0.1) is 0 Å². The van der Waals surface area contributed by atoms with Crippen molar-refractivity contribution in [2.45, 2.75) is 32.9 Å². The summed E-state index contributed by atoms with van der Waals surface area (Å²) in [5, 5.41) is 9.16. The van der Waals surface area contributed by atoms with E-state index in [2.05, 4.69) is 46.6 Å². The number of halogens is 2. The van der Waals surface area contributed by atoms with Crippen molar-refractivity contribution < 1.29 is 4.39 Å². The molecule has 0 radical (unpaired) electrons. The summed E-state index contributed by atoms with van der Waals surface area (Å²) in [6, 6.07) is 17.1. The fourth-order valence-electron chi connectivity index (χ4n) is 4.23. The zero-order chi connectivity index (χ0) is 23.4. The molecule has 0 aliphatic carbocycles. The van der Waals surface area contributed by atoms with Crippen LogP contribution in [0.5, 0.6) is 0 Å². The number of rotatable bonds is 7. The number of piperazine rings is 1. The minimum absolute atomic E-state index is 0.120. The molecule has 33 heavy (non-hydrogen) atoms. The number of nitrogens with one attached hydrogen (secondary N) is 1. The van der Waals surface area contributed by atoms with Gasteiger partial charge in [0.1, 0.15) is 5.82 Å². The predicted molar refractivity (Wildman–Crippen MR) is 134 cm³/mol. The number of anilines is 1. The van der Waals surface area contributed by atoms with Crippen LogP contribution in [0.25, 0.3) is 11.3 Å². The van der Waals surface area contributed by atoms with Crippen molar-refractivity contribution in [1.29, 1.82) is 0 Å². The topological polar surface area (TPSA) is 36.3 Å². The molecular weight excluding hydrogens is 437 g/mol. The SMILES string of the molecule is CC(C)(C)n1nc(CNCCN2CCN(c3ccccc3F)CC2)cc1-c1ccc(Cl)cc1. The second-order valence-electron chi connectivity index (χ2n) is 9.57. The fraction of sp³-hybridized carbons (Fsp3) is 0.423. The summed E-state index contributed by atoms with van der Waals surface area (Å²) in [5.41, 5.74) is 3.83. The van der Waals surface area contributed by atoms with Gasteiger partial charge in [0.25, 0.3) is 0 Å². The van der Waals surface area contributed by atoms with E-state index in [9.17, 15) is 4.39 Å². The van der Waals surface area contributed by atoms with Crippen molar-refractivity contribution >= 4 is 17.3 Å². The summed E-state index contributed by atoms with van der Waals surface area (Å²) < 4.78 is 16.1. The van der Waals surface area contributed by atoms with Crippen LogP contribution >= 0.6 is 11.6 Å². The molecule has 0 unspecified atom stereocenters. The molecule has 1 aliphatic heterocycles. The van der Waals surface area contributed by atoms with E-state index in [1.807, 2.05) is 36.4 Å². The molecule has 2 aromatic carbocycles. The third-order valence-electron chi connectivity index (χ3n) is 6.01. The Bertz CT molecular complexity index is 1050. The molecule has 0 amide bonds. The van der Waals surface area contributed by atoms with Gasteiger partial charge in [-0.3, -0.25) is 9.58 Å². The van der Waals surface area contributed by atoms with Crippen LogP contribution in [-0.4, -0.2) is 53.9 Å². The maximum Gasteiger partial charge on any atom is 0.146 e. The summed E-state index contributed by atoms with van der Waals surface area (Å²) in [4.78, 5) is 4.56. The van der Waals surface area contributed by atoms with Gasteiger partial charge in [0.05, 0.1) is 22.6 Å². The molecule has 2 heterocycles. The third kappa shape index (κ3) is 5.94. The van der Waals surface area contributed by atoms with E-state index in [-0.39, 0.29) is 11.4 Å². The van der Waals surface area contributed by atoms with Gasteiger partial charge in [-0.2, -0.15) is 5.10 Å². The number of hydrogen-bond donors (Lipinski definition) is 1. The Morgan fingerprint density at radius 2 is 1.70 bits per heavy atom. The Balaban J connectivity index is 1.29. The lowest BCUT2D eigenvalue weighted by atomic mass is 10.1. The highest BCUT2D eigenvalue weighted by molar-refractivity contribution is 6.30. The molecule has 176 valence electrons. The van der Waals surface area contributed by atoms with Crippen molar-refractivity contribution in [1.82, 2.24) is 20.0 Å². The number of nitrogens with zero attached hydrogens (tertiary/aromatic N) is 4. The molecule has 0 saturated carbocycles. The monoisotopic (exact) mass is 469 g/mol. The minimum Gasteiger partial charge on any atom is -0.367 e. The molecule has 1 aliphatic rings.